The summed E-state index contributed by atoms with van der Waals surface area (Å²) in [5, 5.41) is 6.09. The molecule has 0 amide bonds. The van der Waals surface area contributed by atoms with E-state index >= 15 is 4.39 Å². The zero-order chi connectivity index (χ0) is 25.7. The van der Waals surface area contributed by atoms with Gasteiger partial charge in [-0.3, -0.25) is 0 Å². The quantitative estimate of drug-likeness (QED) is 0.508. The molecule has 35 heavy (non-hydrogen) atoms. The van der Waals surface area contributed by atoms with Crippen molar-refractivity contribution in [2.75, 3.05) is 18.1 Å². The molecule has 0 radical (unpaired) electrons. The fourth-order valence-electron chi connectivity index (χ4n) is 4.44. The van der Waals surface area contributed by atoms with Crippen molar-refractivity contribution < 1.29 is 26.0 Å². The summed E-state index contributed by atoms with van der Waals surface area (Å²) in [6, 6.07) is 5.37. The number of aromatic nitrogens is 2. The van der Waals surface area contributed by atoms with Crippen LogP contribution in [-0.4, -0.2) is 42.6 Å². The van der Waals surface area contributed by atoms with Crippen LogP contribution >= 0.6 is 11.6 Å². The summed E-state index contributed by atoms with van der Waals surface area (Å²) in [5.74, 6) is -2.77. The Bertz CT molecular complexity index is 1430. The Morgan fingerprint density at radius 3 is 2.57 bits per heavy atom. The van der Waals surface area contributed by atoms with E-state index in [2.05, 4.69) is 10.2 Å². The Labute approximate surface area is 204 Å². The smallest absolute Gasteiger partial charge is 0.391 e. The van der Waals surface area contributed by atoms with E-state index in [-0.39, 0.29) is 27.1 Å². The number of aryl methyl sites for hydroxylation is 1. The summed E-state index contributed by atoms with van der Waals surface area (Å²) in [6.07, 6.45) is -2.79. The Morgan fingerprint density at radius 2 is 1.94 bits per heavy atom. The molecule has 0 aliphatic carbocycles. The summed E-state index contributed by atoms with van der Waals surface area (Å²) < 4.78 is 75.5. The van der Waals surface area contributed by atoms with Gasteiger partial charge in [-0.05, 0) is 54.8 Å². The molecule has 1 N–H and O–H groups in total. The minimum absolute atomic E-state index is 0.0156. The molecule has 1 aliphatic rings. The van der Waals surface area contributed by atoms with Crippen molar-refractivity contribution in [1.82, 2.24) is 14.5 Å². The number of anilines is 1. The lowest BCUT2D eigenvalue weighted by Crippen LogP contribution is -2.50. The number of benzene rings is 2. The number of hydrogen-bond acceptors (Lipinski definition) is 6. The van der Waals surface area contributed by atoms with Gasteiger partial charge in [0.1, 0.15) is 16.8 Å². The van der Waals surface area contributed by atoms with Crippen LogP contribution in [0.5, 0.6) is 0 Å². The Balaban J connectivity index is 1.93. The first kappa shape index (κ1) is 25.3. The molecular weight excluding hydrogens is 509 g/mol. The lowest BCUT2D eigenvalue weighted by molar-refractivity contribution is 0.146. The summed E-state index contributed by atoms with van der Waals surface area (Å²) in [6.45, 7) is 3.71. The summed E-state index contributed by atoms with van der Waals surface area (Å²) in [5.41, 5.74) is 1.54. The third kappa shape index (κ3) is 4.57. The van der Waals surface area contributed by atoms with Gasteiger partial charge in [-0.15, -0.1) is 5.10 Å². The maximum Gasteiger partial charge on any atom is 0.434 e. The number of hydrogen-bond donors (Lipinski definition) is 1. The Kier molecular flexibility index (Phi) is 6.73. The third-order valence-corrected chi connectivity index (χ3v) is 8.29. The van der Waals surface area contributed by atoms with Crippen molar-refractivity contribution in [1.29, 1.82) is 0 Å². The van der Waals surface area contributed by atoms with Crippen LogP contribution in [0.2, 0.25) is 5.02 Å². The van der Waals surface area contributed by atoms with E-state index in [0.29, 0.717) is 5.56 Å². The number of halogens is 4. The van der Waals surface area contributed by atoms with Gasteiger partial charge in [0.05, 0.1) is 18.9 Å². The fourth-order valence-corrected chi connectivity index (χ4v) is 6.41. The van der Waals surface area contributed by atoms with Gasteiger partial charge in [-0.25, -0.2) is 31.5 Å². The fraction of sp³-hybridized carbons (Fsp3) is 0.364. The number of nitrogens with one attached hydrogen (secondary N) is 1. The molecule has 13 heteroatoms. The second-order valence-electron chi connectivity index (χ2n) is 8.35. The number of rotatable bonds is 6. The van der Waals surface area contributed by atoms with Crippen LogP contribution in [-0.2, 0) is 10.0 Å². The molecule has 1 aliphatic heterocycles. The molecule has 0 fully saturated rings. The lowest BCUT2D eigenvalue weighted by Gasteiger charge is -2.42. The number of aromatic amines is 1. The first-order valence-electron chi connectivity index (χ1n) is 10.6. The van der Waals surface area contributed by atoms with E-state index in [4.69, 9.17) is 16.0 Å². The van der Waals surface area contributed by atoms with Gasteiger partial charge in [-0.2, -0.15) is 4.31 Å². The van der Waals surface area contributed by atoms with Crippen LogP contribution in [0.15, 0.2) is 44.4 Å². The van der Waals surface area contributed by atoms with Crippen molar-refractivity contribution in [3.8, 4) is 0 Å². The highest BCUT2D eigenvalue weighted by molar-refractivity contribution is 7.89. The van der Waals surface area contributed by atoms with Crippen LogP contribution in [0.25, 0.3) is 0 Å². The molecule has 3 aromatic rings. The highest BCUT2D eigenvalue weighted by Crippen LogP contribution is 2.44. The molecule has 0 saturated carbocycles. The van der Waals surface area contributed by atoms with E-state index in [1.807, 2.05) is 0 Å². The molecule has 8 nitrogen and oxygen atoms in total. The zero-order valence-electron chi connectivity index (χ0n) is 18.9. The molecule has 188 valence electrons. The summed E-state index contributed by atoms with van der Waals surface area (Å²) in [4.78, 5) is 12.7. The minimum atomic E-state index is -4.35. The van der Waals surface area contributed by atoms with E-state index in [9.17, 15) is 22.0 Å². The number of H-pyrrole nitrogens is 1. The zero-order valence-corrected chi connectivity index (χ0v) is 20.5. The maximum absolute atomic E-state index is 15.0. The maximum atomic E-state index is 15.0. The topological polar surface area (TPSA) is 99.5 Å². The van der Waals surface area contributed by atoms with E-state index in [1.54, 1.807) is 26.8 Å². The Hall–Kier alpha value is -2.83. The average molecular weight is 531 g/mol. The number of fused-ring (bicyclic) bond motifs is 1. The molecule has 0 unspecified atom stereocenters. The van der Waals surface area contributed by atoms with Gasteiger partial charge < -0.3 is 9.32 Å². The van der Waals surface area contributed by atoms with E-state index in [0.717, 1.165) is 14.8 Å². The number of nitrogens with zero attached hydrogens (tertiary/aromatic N) is 3. The van der Waals surface area contributed by atoms with Crippen LogP contribution in [0.1, 0.15) is 41.5 Å². The van der Waals surface area contributed by atoms with Crippen LogP contribution in [0, 0.1) is 19.7 Å². The average Bonchev–Trinajstić information content (AvgIpc) is 3.19. The molecule has 2 heterocycles. The molecule has 0 spiro atoms. The third-order valence-electron chi connectivity index (χ3n) is 6.20. The normalized spacial score (nSPS) is 17.4. The molecule has 2 atom stereocenters. The molecule has 0 bridgehead atoms. The van der Waals surface area contributed by atoms with E-state index in [1.165, 1.54) is 24.3 Å². The highest BCUT2D eigenvalue weighted by atomic mass is 35.5. The molecule has 2 aromatic carbocycles. The highest BCUT2D eigenvalue weighted by Gasteiger charge is 2.45. The second-order valence-corrected chi connectivity index (χ2v) is 10.6. The first-order valence-corrected chi connectivity index (χ1v) is 12.4. The molecule has 0 saturated heterocycles. The van der Waals surface area contributed by atoms with Crippen molar-refractivity contribution in [2.45, 2.75) is 44.1 Å². The minimum Gasteiger partial charge on any atom is -0.391 e. The standard InChI is InChI=1S/C22H22ClF3N4O4S/c1-11-4-6-15(24)19(12(11)2)13(3)20(21-27-28-22(31)34-21)30-10-29(9-18(25)26)16-8-14(23)5-7-17(16)35(30,32)33/h4-8,13,18,20H,9-10H2,1-3H3,(H,28,31)/t13-,20+/m1/s1. The van der Waals surface area contributed by atoms with Crippen LogP contribution in [0.4, 0.5) is 18.9 Å². The predicted octanol–water partition coefficient (Wildman–Crippen LogP) is 4.35. The molecular formula is C22H22ClF3N4O4S. The summed E-state index contributed by atoms with van der Waals surface area (Å²) in [7, 11) is -4.35. The van der Waals surface area contributed by atoms with Crippen molar-refractivity contribution in [2.24, 2.45) is 0 Å². The molecule has 1 aromatic heterocycles. The van der Waals surface area contributed by atoms with Crippen molar-refractivity contribution >= 4 is 27.3 Å². The Morgan fingerprint density at radius 1 is 1.23 bits per heavy atom. The van der Waals surface area contributed by atoms with Crippen LogP contribution in [0.3, 0.4) is 0 Å². The molecule has 4 rings (SSSR count). The lowest BCUT2D eigenvalue weighted by atomic mass is 9.87. The second kappa shape index (κ2) is 9.32. The van der Waals surface area contributed by atoms with Gasteiger partial charge >= 0.3 is 5.76 Å². The van der Waals surface area contributed by atoms with Crippen molar-refractivity contribution in [3.05, 3.63) is 74.3 Å². The van der Waals surface area contributed by atoms with Gasteiger partial charge in [-0.1, -0.05) is 24.6 Å². The van der Waals surface area contributed by atoms with Gasteiger partial charge in [0.25, 0.3) is 6.43 Å². The largest absolute Gasteiger partial charge is 0.434 e. The van der Waals surface area contributed by atoms with Crippen molar-refractivity contribution in [3.63, 3.8) is 0 Å². The first-order chi connectivity index (χ1) is 16.4. The summed E-state index contributed by atoms with van der Waals surface area (Å²) >= 11 is 6.02. The number of sulfonamides is 1. The van der Waals surface area contributed by atoms with Crippen LogP contribution < -0.4 is 10.7 Å². The predicted molar refractivity (Wildman–Crippen MR) is 123 cm³/mol. The van der Waals surface area contributed by atoms with Gasteiger partial charge in [0.2, 0.25) is 15.9 Å². The SMILES string of the molecule is Cc1ccc(F)c([C@@H](C)[C@@H](c2n[nH]c(=O)o2)N2CN(CC(F)F)c3cc(Cl)ccc3S2(=O)=O)c1C. The number of alkyl halides is 2. The van der Waals surface area contributed by atoms with E-state index < -0.39 is 53.2 Å². The monoisotopic (exact) mass is 530 g/mol. The van der Waals surface area contributed by atoms with Gasteiger partial charge in [0, 0.05) is 10.9 Å². The van der Waals surface area contributed by atoms with Gasteiger partial charge in [0.15, 0.2) is 0 Å².